The molecule has 1 unspecified atom stereocenters. The molecule has 2 aromatic rings. The highest BCUT2D eigenvalue weighted by Crippen LogP contribution is 2.28. The molecule has 3 heteroatoms. The maximum atomic E-state index is 6.19. The second kappa shape index (κ2) is 4.63. The lowest BCUT2D eigenvalue weighted by molar-refractivity contribution is 0.408. The van der Waals surface area contributed by atoms with E-state index < -0.39 is 0 Å². The highest BCUT2D eigenvalue weighted by molar-refractivity contribution is 5.45. The zero-order valence-electron chi connectivity index (χ0n) is 10.4. The van der Waals surface area contributed by atoms with E-state index in [1.807, 2.05) is 19.9 Å². The van der Waals surface area contributed by atoms with Crippen LogP contribution in [-0.4, -0.2) is 7.11 Å². The van der Waals surface area contributed by atoms with Crippen LogP contribution in [0.25, 0.3) is 0 Å². The van der Waals surface area contributed by atoms with Gasteiger partial charge in [-0.2, -0.15) is 0 Å². The van der Waals surface area contributed by atoms with Crippen molar-refractivity contribution in [3.63, 3.8) is 0 Å². The Labute approximate surface area is 101 Å². The summed E-state index contributed by atoms with van der Waals surface area (Å²) in [5, 5.41) is 0. The molecule has 0 aliphatic heterocycles. The van der Waals surface area contributed by atoms with Gasteiger partial charge in [-0.1, -0.05) is 12.1 Å². The van der Waals surface area contributed by atoms with Gasteiger partial charge in [-0.3, -0.25) is 0 Å². The largest absolute Gasteiger partial charge is 0.496 e. The summed E-state index contributed by atoms with van der Waals surface area (Å²) < 4.78 is 10.4. The number of aryl methyl sites for hydroxylation is 2. The van der Waals surface area contributed by atoms with E-state index in [0.29, 0.717) is 0 Å². The molecule has 1 aromatic carbocycles. The smallest absolute Gasteiger partial charge is 0.124 e. The Morgan fingerprint density at radius 1 is 1.18 bits per heavy atom. The predicted molar refractivity (Wildman–Crippen MR) is 67.2 cm³/mol. The van der Waals surface area contributed by atoms with Crippen LogP contribution in [0.4, 0.5) is 0 Å². The SMILES string of the molecule is COc1c(C)cc(C(N)c2ccoc2)cc1C. The number of rotatable bonds is 3. The van der Waals surface area contributed by atoms with Crippen LogP contribution < -0.4 is 10.5 Å². The minimum Gasteiger partial charge on any atom is -0.496 e. The van der Waals surface area contributed by atoms with Gasteiger partial charge >= 0.3 is 0 Å². The van der Waals surface area contributed by atoms with Gasteiger partial charge in [0.15, 0.2) is 0 Å². The van der Waals surface area contributed by atoms with Gasteiger partial charge in [0, 0.05) is 5.56 Å². The fourth-order valence-corrected chi connectivity index (χ4v) is 2.13. The Morgan fingerprint density at radius 3 is 2.29 bits per heavy atom. The van der Waals surface area contributed by atoms with Gasteiger partial charge in [0.25, 0.3) is 0 Å². The first kappa shape index (κ1) is 11.7. The van der Waals surface area contributed by atoms with Crippen LogP contribution in [0, 0.1) is 13.8 Å². The third-order valence-corrected chi connectivity index (χ3v) is 2.95. The molecule has 0 spiro atoms. The van der Waals surface area contributed by atoms with E-state index in [-0.39, 0.29) is 6.04 Å². The number of methoxy groups -OCH3 is 1. The van der Waals surface area contributed by atoms with Gasteiger partial charge < -0.3 is 14.9 Å². The number of hydrogen-bond acceptors (Lipinski definition) is 3. The van der Waals surface area contributed by atoms with Crippen molar-refractivity contribution in [1.82, 2.24) is 0 Å². The highest BCUT2D eigenvalue weighted by atomic mass is 16.5. The van der Waals surface area contributed by atoms with E-state index in [1.54, 1.807) is 19.6 Å². The Bertz CT molecular complexity index is 480. The van der Waals surface area contributed by atoms with Crippen molar-refractivity contribution in [3.05, 3.63) is 53.0 Å². The number of benzene rings is 1. The van der Waals surface area contributed by atoms with Crippen LogP contribution in [0.15, 0.2) is 35.1 Å². The Morgan fingerprint density at radius 2 is 1.82 bits per heavy atom. The summed E-state index contributed by atoms with van der Waals surface area (Å²) in [5.41, 5.74) is 10.4. The molecule has 90 valence electrons. The normalized spacial score (nSPS) is 12.5. The maximum Gasteiger partial charge on any atom is 0.124 e. The molecular weight excluding hydrogens is 214 g/mol. The molecule has 0 saturated carbocycles. The molecule has 3 nitrogen and oxygen atoms in total. The Hall–Kier alpha value is -1.74. The second-order valence-corrected chi connectivity index (χ2v) is 4.22. The third-order valence-electron chi connectivity index (χ3n) is 2.95. The zero-order valence-corrected chi connectivity index (χ0v) is 10.4. The summed E-state index contributed by atoms with van der Waals surface area (Å²) in [4.78, 5) is 0. The van der Waals surface area contributed by atoms with Gasteiger partial charge in [0.05, 0.1) is 25.7 Å². The van der Waals surface area contributed by atoms with E-state index in [1.165, 1.54) is 0 Å². The van der Waals surface area contributed by atoms with Crippen molar-refractivity contribution in [2.45, 2.75) is 19.9 Å². The number of nitrogens with two attached hydrogens (primary N) is 1. The molecule has 1 heterocycles. The van der Waals surface area contributed by atoms with Crippen LogP contribution in [0.1, 0.15) is 28.3 Å². The van der Waals surface area contributed by atoms with Crippen molar-refractivity contribution in [2.24, 2.45) is 5.73 Å². The van der Waals surface area contributed by atoms with Crippen molar-refractivity contribution < 1.29 is 9.15 Å². The summed E-state index contributed by atoms with van der Waals surface area (Å²) >= 11 is 0. The van der Waals surface area contributed by atoms with Gasteiger partial charge in [0.1, 0.15) is 5.75 Å². The molecular formula is C14H17NO2. The van der Waals surface area contributed by atoms with E-state index in [9.17, 15) is 0 Å². The quantitative estimate of drug-likeness (QED) is 0.883. The third kappa shape index (κ3) is 2.19. The van der Waals surface area contributed by atoms with Crippen molar-refractivity contribution in [2.75, 3.05) is 7.11 Å². The average molecular weight is 231 g/mol. The van der Waals surface area contributed by atoms with Crippen LogP contribution >= 0.6 is 0 Å². The van der Waals surface area contributed by atoms with Crippen molar-refractivity contribution >= 4 is 0 Å². The highest BCUT2D eigenvalue weighted by Gasteiger charge is 2.13. The molecule has 2 rings (SSSR count). The lowest BCUT2D eigenvalue weighted by Crippen LogP contribution is -2.11. The van der Waals surface area contributed by atoms with Crippen molar-refractivity contribution in [1.29, 1.82) is 0 Å². The first-order chi connectivity index (χ1) is 8.13. The molecule has 0 aliphatic carbocycles. The Balaban J connectivity index is 2.40. The summed E-state index contributed by atoms with van der Waals surface area (Å²) in [6.45, 7) is 4.05. The van der Waals surface area contributed by atoms with E-state index >= 15 is 0 Å². The molecule has 0 aliphatic rings. The number of hydrogen-bond donors (Lipinski definition) is 1. The summed E-state index contributed by atoms with van der Waals surface area (Å²) in [7, 11) is 1.69. The van der Waals surface area contributed by atoms with Gasteiger partial charge in [-0.05, 0) is 36.6 Å². The summed E-state index contributed by atoms with van der Waals surface area (Å²) in [6.07, 6.45) is 3.32. The molecule has 2 N–H and O–H groups in total. The first-order valence-corrected chi connectivity index (χ1v) is 5.56. The van der Waals surface area contributed by atoms with Crippen LogP contribution in [0.2, 0.25) is 0 Å². The fraction of sp³-hybridized carbons (Fsp3) is 0.286. The topological polar surface area (TPSA) is 48.4 Å². The number of ether oxygens (including phenoxy) is 1. The molecule has 1 atom stereocenters. The van der Waals surface area contributed by atoms with Crippen molar-refractivity contribution in [3.8, 4) is 5.75 Å². The lowest BCUT2D eigenvalue weighted by Gasteiger charge is -2.15. The molecule has 0 bridgehead atoms. The van der Waals surface area contributed by atoms with E-state index in [0.717, 1.165) is 28.0 Å². The van der Waals surface area contributed by atoms with Crippen LogP contribution in [-0.2, 0) is 0 Å². The first-order valence-electron chi connectivity index (χ1n) is 5.56. The second-order valence-electron chi connectivity index (χ2n) is 4.22. The monoisotopic (exact) mass is 231 g/mol. The lowest BCUT2D eigenvalue weighted by atomic mass is 9.97. The number of furan rings is 1. The molecule has 0 amide bonds. The van der Waals surface area contributed by atoms with Gasteiger partial charge in [-0.25, -0.2) is 0 Å². The molecule has 17 heavy (non-hydrogen) atoms. The Kier molecular flexibility index (Phi) is 3.20. The van der Waals surface area contributed by atoms with E-state index in [4.69, 9.17) is 14.9 Å². The minimum atomic E-state index is -0.156. The minimum absolute atomic E-state index is 0.156. The molecule has 1 aromatic heterocycles. The standard InChI is InChI=1S/C14H17NO2/c1-9-6-12(7-10(2)14(9)16-3)13(15)11-4-5-17-8-11/h4-8,13H,15H2,1-3H3. The van der Waals surface area contributed by atoms with Gasteiger partial charge in [-0.15, -0.1) is 0 Å². The van der Waals surface area contributed by atoms with Gasteiger partial charge in [0.2, 0.25) is 0 Å². The zero-order chi connectivity index (χ0) is 12.4. The summed E-state index contributed by atoms with van der Waals surface area (Å²) in [6, 6.07) is 5.85. The van der Waals surface area contributed by atoms with Crippen LogP contribution in [0.5, 0.6) is 5.75 Å². The summed E-state index contributed by atoms with van der Waals surface area (Å²) in [5.74, 6) is 0.924. The molecule has 0 fully saturated rings. The fourth-order valence-electron chi connectivity index (χ4n) is 2.13. The average Bonchev–Trinajstić information content (AvgIpc) is 2.81. The maximum absolute atomic E-state index is 6.19. The molecule has 0 saturated heterocycles. The molecule has 0 radical (unpaired) electrons. The van der Waals surface area contributed by atoms with Crippen LogP contribution in [0.3, 0.4) is 0 Å². The van der Waals surface area contributed by atoms with E-state index in [2.05, 4.69) is 12.1 Å². The predicted octanol–water partition coefficient (Wildman–Crippen LogP) is 2.95.